The highest BCUT2D eigenvalue weighted by Gasteiger charge is 2.44. The zero-order valence-electron chi connectivity index (χ0n) is 15.7. The normalized spacial score (nSPS) is 22.0. The summed E-state index contributed by atoms with van der Waals surface area (Å²) in [6.45, 7) is 4.74. The number of benzene rings is 1. The van der Waals surface area contributed by atoms with Crippen LogP contribution >= 0.6 is 0 Å². The van der Waals surface area contributed by atoms with Gasteiger partial charge in [-0.3, -0.25) is 14.5 Å². The van der Waals surface area contributed by atoms with Gasteiger partial charge in [0.15, 0.2) is 0 Å². The Balaban J connectivity index is 1.63. The zero-order valence-corrected chi connectivity index (χ0v) is 15.7. The first-order valence-corrected chi connectivity index (χ1v) is 9.35. The summed E-state index contributed by atoms with van der Waals surface area (Å²) in [5, 5.41) is 12.3. The largest absolute Gasteiger partial charge is 0.396 e. The standard InChI is InChI=1S/C20H29N3O3/c1-15-3-5-16(6-4-15)12-23-10-9-21-19(26)17(23)11-18(25)22(2)13-20(14-24)7-8-20/h3-6,17,24H,7-14H2,1-2H3,(H,21,26)/t17-/m1/s1. The number of aryl methyl sites for hydroxylation is 1. The lowest BCUT2D eigenvalue weighted by molar-refractivity contribution is -0.138. The van der Waals surface area contributed by atoms with Crippen LogP contribution in [-0.4, -0.2) is 66.1 Å². The Bertz CT molecular complexity index is 655. The zero-order chi connectivity index (χ0) is 18.7. The molecule has 1 saturated heterocycles. The molecule has 0 unspecified atom stereocenters. The van der Waals surface area contributed by atoms with Crippen LogP contribution in [0.5, 0.6) is 0 Å². The van der Waals surface area contributed by atoms with E-state index in [0.717, 1.165) is 24.9 Å². The van der Waals surface area contributed by atoms with Crippen molar-refractivity contribution in [2.24, 2.45) is 5.41 Å². The molecule has 0 bridgehead atoms. The average molecular weight is 359 g/mol. The van der Waals surface area contributed by atoms with Crippen LogP contribution in [0.15, 0.2) is 24.3 Å². The van der Waals surface area contributed by atoms with Crippen LogP contribution in [0.25, 0.3) is 0 Å². The highest BCUT2D eigenvalue weighted by atomic mass is 16.3. The van der Waals surface area contributed by atoms with Crippen LogP contribution in [0.1, 0.15) is 30.4 Å². The third kappa shape index (κ3) is 4.43. The number of nitrogens with zero attached hydrogens (tertiary/aromatic N) is 2. The van der Waals surface area contributed by atoms with Crippen molar-refractivity contribution >= 4 is 11.8 Å². The van der Waals surface area contributed by atoms with Gasteiger partial charge in [-0.2, -0.15) is 0 Å². The summed E-state index contributed by atoms with van der Waals surface area (Å²) in [5.41, 5.74) is 2.24. The molecule has 2 fully saturated rings. The van der Waals surface area contributed by atoms with Crippen LogP contribution in [0.4, 0.5) is 0 Å². The summed E-state index contributed by atoms with van der Waals surface area (Å²) in [4.78, 5) is 28.8. The molecule has 0 radical (unpaired) electrons. The molecule has 142 valence electrons. The van der Waals surface area contributed by atoms with Crippen molar-refractivity contribution in [3.05, 3.63) is 35.4 Å². The molecule has 2 N–H and O–H groups in total. The Morgan fingerprint density at radius 1 is 1.35 bits per heavy atom. The molecule has 3 rings (SSSR count). The first-order chi connectivity index (χ1) is 12.4. The predicted molar refractivity (Wildman–Crippen MR) is 99.4 cm³/mol. The van der Waals surface area contributed by atoms with E-state index in [0.29, 0.717) is 19.6 Å². The van der Waals surface area contributed by atoms with Gasteiger partial charge >= 0.3 is 0 Å². The van der Waals surface area contributed by atoms with Crippen LogP contribution < -0.4 is 5.32 Å². The lowest BCUT2D eigenvalue weighted by Crippen LogP contribution is -2.56. The number of aliphatic hydroxyl groups is 1. The van der Waals surface area contributed by atoms with Gasteiger partial charge in [0.1, 0.15) is 0 Å². The molecule has 1 aliphatic carbocycles. The van der Waals surface area contributed by atoms with Gasteiger partial charge in [0, 0.05) is 38.6 Å². The summed E-state index contributed by atoms with van der Waals surface area (Å²) in [5.74, 6) is -0.117. The van der Waals surface area contributed by atoms with Gasteiger partial charge in [0.25, 0.3) is 0 Å². The van der Waals surface area contributed by atoms with Crippen LogP contribution in [0.3, 0.4) is 0 Å². The summed E-state index contributed by atoms with van der Waals surface area (Å²) in [6.07, 6.45) is 2.10. The van der Waals surface area contributed by atoms with Crippen molar-refractivity contribution in [2.45, 2.75) is 38.8 Å². The van der Waals surface area contributed by atoms with E-state index in [9.17, 15) is 14.7 Å². The van der Waals surface area contributed by atoms with Gasteiger partial charge in [0.2, 0.25) is 11.8 Å². The smallest absolute Gasteiger partial charge is 0.237 e. The Morgan fingerprint density at radius 3 is 2.65 bits per heavy atom. The number of rotatable bonds is 7. The number of hydrogen-bond donors (Lipinski definition) is 2. The molecule has 1 heterocycles. The fraction of sp³-hybridized carbons (Fsp3) is 0.600. The second kappa shape index (κ2) is 7.76. The first-order valence-electron chi connectivity index (χ1n) is 9.35. The fourth-order valence-electron chi connectivity index (χ4n) is 3.56. The Labute approximate surface area is 155 Å². The molecular weight excluding hydrogens is 330 g/mol. The maximum Gasteiger partial charge on any atom is 0.237 e. The summed E-state index contributed by atoms with van der Waals surface area (Å²) >= 11 is 0. The summed E-state index contributed by atoms with van der Waals surface area (Å²) in [7, 11) is 1.77. The highest BCUT2D eigenvalue weighted by molar-refractivity contribution is 5.88. The van der Waals surface area contributed by atoms with Gasteiger partial charge in [-0.25, -0.2) is 0 Å². The lowest BCUT2D eigenvalue weighted by Gasteiger charge is -2.35. The molecule has 1 atom stereocenters. The molecule has 0 aromatic heterocycles. The maximum absolute atomic E-state index is 12.7. The highest BCUT2D eigenvalue weighted by Crippen LogP contribution is 2.45. The topological polar surface area (TPSA) is 72.9 Å². The third-order valence-electron chi connectivity index (χ3n) is 5.61. The van der Waals surface area contributed by atoms with E-state index in [1.807, 2.05) is 0 Å². The number of piperazine rings is 1. The number of amides is 2. The van der Waals surface area contributed by atoms with Crippen LogP contribution in [-0.2, 0) is 16.1 Å². The molecule has 26 heavy (non-hydrogen) atoms. The second-order valence-corrected chi connectivity index (χ2v) is 7.87. The molecule has 2 aliphatic rings. The number of carbonyl (C=O) groups excluding carboxylic acids is 2. The minimum atomic E-state index is -0.440. The summed E-state index contributed by atoms with van der Waals surface area (Å²) in [6, 6.07) is 7.84. The van der Waals surface area contributed by atoms with Crippen molar-refractivity contribution < 1.29 is 14.7 Å². The van der Waals surface area contributed by atoms with E-state index in [1.165, 1.54) is 5.56 Å². The summed E-state index contributed by atoms with van der Waals surface area (Å²) < 4.78 is 0. The van der Waals surface area contributed by atoms with Crippen LogP contribution in [0.2, 0.25) is 0 Å². The van der Waals surface area contributed by atoms with Crippen molar-refractivity contribution in [2.75, 3.05) is 33.3 Å². The molecule has 1 aliphatic heterocycles. The van der Waals surface area contributed by atoms with Crippen molar-refractivity contribution in [3.63, 3.8) is 0 Å². The lowest BCUT2D eigenvalue weighted by atomic mass is 10.0. The van der Waals surface area contributed by atoms with Crippen molar-refractivity contribution in [3.8, 4) is 0 Å². The van der Waals surface area contributed by atoms with E-state index in [-0.39, 0.29) is 30.3 Å². The number of nitrogens with one attached hydrogen (secondary N) is 1. The molecule has 0 spiro atoms. The van der Waals surface area contributed by atoms with Crippen molar-refractivity contribution in [1.82, 2.24) is 15.1 Å². The molecule has 1 aromatic carbocycles. The van der Waals surface area contributed by atoms with E-state index in [1.54, 1.807) is 11.9 Å². The molecule has 1 saturated carbocycles. The number of hydrogen-bond acceptors (Lipinski definition) is 4. The third-order valence-corrected chi connectivity index (χ3v) is 5.61. The SMILES string of the molecule is Cc1ccc(CN2CCNC(=O)[C@H]2CC(=O)N(C)CC2(CO)CC2)cc1. The van der Waals surface area contributed by atoms with Gasteiger partial charge in [-0.05, 0) is 25.3 Å². The van der Waals surface area contributed by atoms with Crippen molar-refractivity contribution in [1.29, 1.82) is 0 Å². The monoisotopic (exact) mass is 359 g/mol. The minimum Gasteiger partial charge on any atom is -0.396 e. The Hall–Kier alpha value is -1.92. The predicted octanol–water partition coefficient (Wildman–Crippen LogP) is 0.916. The van der Waals surface area contributed by atoms with Gasteiger partial charge < -0.3 is 15.3 Å². The second-order valence-electron chi connectivity index (χ2n) is 7.87. The maximum atomic E-state index is 12.7. The molecule has 2 amide bonds. The molecule has 1 aromatic rings. The fourth-order valence-corrected chi connectivity index (χ4v) is 3.56. The van der Waals surface area contributed by atoms with Gasteiger partial charge in [-0.15, -0.1) is 0 Å². The number of aliphatic hydroxyl groups excluding tert-OH is 1. The van der Waals surface area contributed by atoms with Gasteiger partial charge in [0.05, 0.1) is 19.1 Å². The van der Waals surface area contributed by atoms with Gasteiger partial charge in [-0.1, -0.05) is 29.8 Å². The quantitative estimate of drug-likeness (QED) is 0.759. The van der Waals surface area contributed by atoms with E-state index in [4.69, 9.17) is 0 Å². The van der Waals surface area contributed by atoms with E-state index in [2.05, 4.69) is 41.4 Å². The Morgan fingerprint density at radius 2 is 2.04 bits per heavy atom. The molecule has 6 heteroatoms. The molecule has 6 nitrogen and oxygen atoms in total. The van der Waals surface area contributed by atoms with E-state index >= 15 is 0 Å². The Kier molecular flexibility index (Phi) is 5.63. The molecular formula is C20H29N3O3. The average Bonchev–Trinajstić information content (AvgIpc) is 3.39. The number of carbonyl (C=O) groups is 2. The van der Waals surface area contributed by atoms with E-state index < -0.39 is 6.04 Å². The van der Waals surface area contributed by atoms with Crippen LogP contribution in [0, 0.1) is 12.3 Å². The first kappa shape index (κ1) is 18.9. The minimum absolute atomic E-state index is 0.0410.